The molecule has 1 rings (SSSR count). The third kappa shape index (κ3) is 3.75. The van der Waals surface area contributed by atoms with Crippen LogP contribution in [0, 0.1) is 0 Å². The van der Waals surface area contributed by atoms with Crippen LogP contribution in [0.1, 0.15) is 25.3 Å². The van der Waals surface area contributed by atoms with Crippen LogP contribution in [0.4, 0.5) is 0 Å². The normalized spacial score (nSPS) is 10.1. The first kappa shape index (κ1) is 11.0. The second-order valence-corrected chi connectivity index (χ2v) is 3.24. The Bertz CT molecular complexity index is 246. The number of pyridine rings is 1. The summed E-state index contributed by atoms with van der Waals surface area (Å²) >= 11 is 0. The van der Waals surface area contributed by atoms with E-state index in [0.29, 0.717) is 5.88 Å². The summed E-state index contributed by atoms with van der Waals surface area (Å²) < 4.78 is 4.98. The molecule has 1 heterocycles. The zero-order valence-corrected chi connectivity index (χ0v) is 8.92. The van der Waals surface area contributed by atoms with Gasteiger partial charge >= 0.3 is 0 Å². The third-order valence-corrected chi connectivity index (χ3v) is 2.04. The molecule has 0 bridgehead atoms. The quantitative estimate of drug-likeness (QED) is 0.703. The largest absolute Gasteiger partial charge is 0.481 e. The summed E-state index contributed by atoms with van der Waals surface area (Å²) in [6.45, 7) is 4.15. The zero-order valence-electron chi connectivity index (χ0n) is 8.92. The molecule has 0 saturated heterocycles. The molecule has 3 heteroatoms. The van der Waals surface area contributed by atoms with E-state index in [1.54, 1.807) is 7.11 Å². The van der Waals surface area contributed by atoms with Crippen molar-refractivity contribution in [1.82, 2.24) is 10.3 Å². The molecule has 1 aromatic heterocycles. The third-order valence-electron chi connectivity index (χ3n) is 2.04. The van der Waals surface area contributed by atoms with Crippen LogP contribution in [0.3, 0.4) is 0 Å². The lowest BCUT2D eigenvalue weighted by Gasteiger charge is -2.04. The van der Waals surface area contributed by atoms with Gasteiger partial charge in [0.05, 0.1) is 7.11 Å². The molecule has 0 spiro atoms. The SMILES string of the molecule is CCCCNCc1ccc(OC)nc1. The number of ether oxygens (including phenoxy) is 1. The van der Waals surface area contributed by atoms with E-state index in [4.69, 9.17) is 4.74 Å². The fourth-order valence-electron chi connectivity index (χ4n) is 1.17. The summed E-state index contributed by atoms with van der Waals surface area (Å²) in [5, 5.41) is 3.36. The topological polar surface area (TPSA) is 34.1 Å². The summed E-state index contributed by atoms with van der Waals surface area (Å²) in [5.41, 5.74) is 1.20. The van der Waals surface area contributed by atoms with Gasteiger partial charge in [0.2, 0.25) is 5.88 Å². The van der Waals surface area contributed by atoms with E-state index >= 15 is 0 Å². The number of nitrogens with zero attached hydrogens (tertiary/aromatic N) is 1. The molecule has 0 aliphatic carbocycles. The van der Waals surface area contributed by atoms with Crippen LogP contribution in [-0.2, 0) is 6.54 Å². The van der Waals surface area contributed by atoms with Crippen molar-refractivity contribution < 1.29 is 4.74 Å². The highest BCUT2D eigenvalue weighted by Crippen LogP contribution is 2.05. The average molecular weight is 194 g/mol. The molecule has 0 aliphatic rings. The lowest BCUT2D eigenvalue weighted by molar-refractivity contribution is 0.397. The zero-order chi connectivity index (χ0) is 10.2. The fraction of sp³-hybridized carbons (Fsp3) is 0.545. The predicted molar refractivity (Wildman–Crippen MR) is 57.4 cm³/mol. The van der Waals surface area contributed by atoms with E-state index in [1.165, 1.54) is 18.4 Å². The van der Waals surface area contributed by atoms with Gasteiger partial charge in [0.25, 0.3) is 0 Å². The first-order valence-corrected chi connectivity index (χ1v) is 5.06. The van der Waals surface area contributed by atoms with Crippen LogP contribution in [-0.4, -0.2) is 18.6 Å². The minimum absolute atomic E-state index is 0.669. The van der Waals surface area contributed by atoms with Gasteiger partial charge in [-0.2, -0.15) is 0 Å². The molecule has 3 nitrogen and oxygen atoms in total. The van der Waals surface area contributed by atoms with Gasteiger partial charge < -0.3 is 10.1 Å². The van der Waals surface area contributed by atoms with Gasteiger partial charge in [0.1, 0.15) is 0 Å². The van der Waals surface area contributed by atoms with Crippen molar-refractivity contribution in [3.63, 3.8) is 0 Å². The molecular formula is C11H18N2O. The Morgan fingerprint density at radius 3 is 2.86 bits per heavy atom. The first-order valence-electron chi connectivity index (χ1n) is 5.06. The number of nitrogens with one attached hydrogen (secondary N) is 1. The first-order chi connectivity index (χ1) is 6.86. The summed E-state index contributed by atoms with van der Waals surface area (Å²) in [4.78, 5) is 4.13. The fourth-order valence-corrected chi connectivity index (χ4v) is 1.17. The van der Waals surface area contributed by atoms with Crippen LogP contribution in [0.2, 0.25) is 0 Å². The maximum atomic E-state index is 4.98. The van der Waals surface area contributed by atoms with Gasteiger partial charge in [-0.3, -0.25) is 0 Å². The maximum absolute atomic E-state index is 4.98. The number of unbranched alkanes of at least 4 members (excludes halogenated alkanes) is 1. The maximum Gasteiger partial charge on any atom is 0.212 e. The highest BCUT2D eigenvalue weighted by Gasteiger charge is 1.94. The van der Waals surface area contributed by atoms with Gasteiger partial charge in [-0.1, -0.05) is 19.4 Å². The smallest absolute Gasteiger partial charge is 0.212 e. The second-order valence-electron chi connectivity index (χ2n) is 3.24. The molecule has 14 heavy (non-hydrogen) atoms. The monoisotopic (exact) mass is 194 g/mol. The number of methoxy groups -OCH3 is 1. The second kappa shape index (κ2) is 6.38. The summed E-state index contributed by atoms with van der Waals surface area (Å²) in [5.74, 6) is 0.669. The molecule has 0 aliphatic heterocycles. The van der Waals surface area contributed by atoms with Crippen LogP contribution in [0.5, 0.6) is 5.88 Å². The molecule has 1 aromatic rings. The average Bonchev–Trinajstić information content (AvgIpc) is 2.25. The summed E-state index contributed by atoms with van der Waals surface area (Å²) in [6.07, 6.45) is 4.30. The molecule has 0 saturated carbocycles. The van der Waals surface area contributed by atoms with Crippen molar-refractivity contribution >= 4 is 0 Å². The van der Waals surface area contributed by atoms with E-state index in [-0.39, 0.29) is 0 Å². The molecule has 0 atom stereocenters. The Morgan fingerprint density at radius 1 is 1.43 bits per heavy atom. The van der Waals surface area contributed by atoms with Gasteiger partial charge in [0, 0.05) is 18.8 Å². The molecular weight excluding hydrogens is 176 g/mol. The Labute approximate surface area is 85.5 Å². The Hall–Kier alpha value is -1.09. The van der Waals surface area contributed by atoms with Crippen LogP contribution in [0.15, 0.2) is 18.3 Å². The van der Waals surface area contributed by atoms with Crippen molar-refractivity contribution in [3.05, 3.63) is 23.9 Å². The molecule has 1 N–H and O–H groups in total. The lowest BCUT2D eigenvalue weighted by atomic mass is 10.2. The Morgan fingerprint density at radius 2 is 2.29 bits per heavy atom. The standard InChI is InChI=1S/C11H18N2O/c1-3-4-7-12-8-10-5-6-11(14-2)13-9-10/h5-6,9,12H,3-4,7-8H2,1-2H3. The Balaban J connectivity index is 2.29. The van der Waals surface area contributed by atoms with E-state index < -0.39 is 0 Å². The van der Waals surface area contributed by atoms with Crippen LogP contribution in [0.25, 0.3) is 0 Å². The van der Waals surface area contributed by atoms with E-state index in [9.17, 15) is 0 Å². The summed E-state index contributed by atoms with van der Waals surface area (Å²) in [6, 6.07) is 3.92. The Kier molecular flexibility index (Phi) is 5.00. The molecule has 0 fully saturated rings. The minimum Gasteiger partial charge on any atom is -0.481 e. The summed E-state index contributed by atoms with van der Waals surface area (Å²) in [7, 11) is 1.63. The minimum atomic E-state index is 0.669. The van der Waals surface area contributed by atoms with Crippen LogP contribution >= 0.6 is 0 Å². The van der Waals surface area contributed by atoms with Crippen molar-refractivity contribution in [1.29, 1.82) is 0 Å². The molecule has 0 unspecified atom stereocenters. The molecule has 0 aromatic carbocycles. The number of aromatic nitrogens is 1. The van der Waals surface area contributed by atoms with Gasteiger partial charge in [-0.15, -0.1) is 0 Å². The number of rotatable bonds is 6. The lowest BCUT2D eigenvalue weighted by Crippen LogP contribution is -2.14. The van der Waals surface area contributed by atoms with Crippen molar-refractivity contribution in [2.75, 3.05) is 13.7 Å². The van der Waals surface area contributed by atoms with Gasteiger partial charge in [0.15, 0.2) is 0 Å². The molecule has 0 radical (unpaired) electrons. The van der Waals surface area contributed by atoms with E-state index in [1.807, 2.05) is 18.3 Å². The number of hydrogen-bond donors (Lipinski definition) is 1. The highest BCUT2D eigenvalue weighted by atomic mass is 16.5. The molecule has 0 amide bonds. The molecule has 78 valence electrons. The predicted octanol–water partition coefficient (Wildman–Crippen LogP) is 1.98. The number of hydrogen-bond acceptors (Lipinski definition) is 3. The van der Waals surface area contributed by atoms with E-state index in [2.05, 4.69) is 17.2 Å². The van der Waals surface area contributed by atoms with E-state index in [0.717, 1.165) is 13.1 Å². The van der Waals surface area contributed by atoms with Crippen molar-refractivity contribution in [2.45, 2.75) is 26.3 Å². The van der Waals surface area contributed by atoms with Crippen molar-refractivity contribution in [3.8, 4) is 5.88 Å². The van der Waals surface area contributed by atoms with Gasteiger partial charge in [-0.05, 0) is 18.5 Å². The van der Waals surface area contributed by atoms with Crippen LogP contribution < -0.4 is 10.1 Å². The van der Waals surface area contributed by atoms with Crippen molar-refractivity contribution in [2.24, 2.45) is 0 Å². The van der Waals surface area contributed by atoms with Gasteiger partial charge in [-0.25, -0.2) is 4.98 Å². The highest BCUT2D eigenvalue weighted by molar-refractivity contribution is 5.17.